The van der Waals surface area contributed by atoms with Gasteiger partial charge in [0.15, 0.2) is 0 Å². The predicted molar refractivity (Wildman–Crippen MR) is 87.9 cm³/mol. The molecular formula is C17H18O4P-. The van der Waals surface area contributed by atoms with Crippen LogP contribution < -0.4 is 24.6 Å². The molecule has 0 saturated heterocycles. The highest BCUT2D eigenvalue weighted by Crippen LogP contribution is 2.34. The molecule has 5 heteroatoms. The molecule has 0 amide bonds. The summed E-state index contributed by atoms with van der Waals surface area (Å²) in [6.45, 7) is 2.01. The first-order chi connectivity index (χ1) is 10.6. The second kappa shape index (κ2) is 7.30. The zero-order valence-electron chi connectivity index (χ0n) is 13.0. The zero-order chi connectivity index (χ0) is 16.1. The van der Waals surface area contributed by atoms with Gasteiger partial charge in [-0.1, -0.05) is 43.5 Å². The van der Waals surface area contributed by atoms with E-state index in [-0.39, 0.29) is 5.48 Å². The molecule has 0 N–H and O–H groups in total. The summed E-state index contributed by atoms with van der Waals surface area (Å²) in [6.07, 6.45) is 0. The molecule has 2 rings (SSSR count). The maximum absolute atomic E-state index is 12.6. The summed E-state index contributed by atoms with van der Waals surface area (Å²) in [6, 6.07) is 11.2. The SMILES string of the molecule is COc1cc(OC)c(C([O-])=Pc2ccc(C)cc2)c(OC)c1. The monoisotopic (exact) mass is 317 g/mol. The predicted octanol–water partition coefficient (Wildman–Crippen LogP) is 2.13. The van der Waals surface area contributed by atoms with Gasteiger partial charge in [-0.25, -0.2) is 0 Å². The van der Waals surface area contributed by atoms with Gasteiger partial charge in [-0.3, -0.25) is 0 Å². The third kappa shape index (κ3) is 3.59. The Bertz CT molecular complexity index is 653. The number of ether oxygens (including phenoxy) is 3. The van der Waals surface area contributed by atoms with Gasteiger partial charge in [-0.15, -0.1) is 0 Å². The third-order valence-electron chi connectivity index (χ3n) is 3.19. The number of aryl methyl sites for hydroxylation is 1. The van der Waals surface area contributed by atoms with Gasteiger partial charge in [0.25, 0.3) is 0 Å². The van der Waals surface area contributed by atoms with E-state index in [1.54, 1.807) is 19.2 Å². The molecule has 0 atom stereocenters. The molecule has 0 aliphatic carbocycles. The molecule has 2 aromatic carbocycles. The molecule has 4 nitrogen and oxygen atoms in total. The van der Waals surface area contributed by atoms with Crippen LogP contribution in [0.1, 0.15) is 11.1 Å². The van der Waals surface area contributed by atoms with E-state index in [4.69, 9.17) is 14.2 Å². The van der Waals surface area contributed by atoms with E-state index in [1.165, 1.54) is 14.2 Å². The van der Waals surface area contributed by atoms with Gasteiger partial charge in [0.05, 0.1) is 26.9 Å². The number of rotatable bonds is 5. The van der Waals surface area contributed by atoms with Crippen LogP contribution in [-0.2, 0) is 0 Å². The lowest BCUT2D eigenvalue weighted by molar-refractivity contribution is -0.207. The number of methoxy groups -OCH3 is 3. The Hall–Kier alpha value is -2.03. The number of hydrogen-bond donors (Lipinski definition) is 0. The fourth-order valence-electron chi connectivity index (χ4n) is 2.01. The first kappa shape index (κ1) is 16.3. The molecule has 0 heterocycles. The van der Waals surface area contributed by atoms with Gasteiger partial charge in [0.2, 0.25) is 0 Å². The molecule has 116 valence electrons. The van der Waals surface area contributed by atoms with Gasteiger partial charge in [0, 0.05) is 17.4 Å². The van der Waals surface area contributed by atoms with E-state index in [1.807, 2.05) is 31.2 Å². The maximum Gasteiger partial charge on any atom is 0.132 e. The van der Waals surface area contributed by atoms with Gasteiger partial charge >= 0.3 is 0 Å². The van der Waals surface area contributed by atoms with Crippen molar-refractivity contribution >= 4 is 19.0 Å². The maximum atomic E-state index is 12.6. The van der Waals surface area contributed by atoms with Crippen molar-refractivity contribution in [1.29, 1.82) is 0 Å². The van der Waals surface area contributed by atoms with Crippen LogP contribution in [0.2, 0.25) is 0 Å². The smallest absolute Gasteiger partial charge is 0.132 e. The molecule has 0 saturated carbocycles. The fraction of sp³-hybridized carbons (Fsp3) is 0.235. The highest BCUT2D eigenvalue weighted by molar-refractivity contribution is 7.49. The summed E-state index contributed by atoms with van der Waals surface area (Å²) in [5.74, 6) is 1.47. The summed E-state index contributed by atoms with van der Waals surface area (Å²) < 4.78 is 15.8. The van der Waals surface area contributed by atoms with Crippen LogP contribution in [0.25, 0.3) is 0 Å². The quantitative estimate of drug-likeness (QED) is 0.793. The molecule has 0 spiro atoms. The van der Waals surface area contributed by atoms with Crippen molar-refractivity contribution in [3.05, 3.63) is 47.5 Å². The highest BCUT2D eigenvalue weighted by Gasteiger charge is 2.12. The normalized spacial score (nSPS) is 11.2. The van der Waals surface area contributed by atoms with Crippen molar-refractivity contribution < 1.29 is 19.3 Å². The van der Waals surface area contributed by atoms with Crippen LogP contribution >= 0.6 is 8.20 Å². The highest BCUT2D eigenvalue weighted by atomic mass is 31.1. The Morgan fingerprint density at radius 2 is 1.45 bits per heavy atom. The zero-order valence-corrected chi connectivity index (χ0v) is 13.9. The van der Waals surface area contributed by atoms with Crippen LogP contribution in [0, 0.1) is 6.92 Å². The molecule has 0 aliphatic heterocycles. The third-order valence-corrected chi connectivity index (χ3v) is 4.18. The molecule has 0 bridgehead atoms. The first-order valence-corrected chi connectivity index (χ1v) is 7.61. The standard InChI is InChI=1S/C17H19O4P/c1-11-5-7-13(8-6-11)22-17(18)16-14(20-3)9-12(19-2)10-15(16)21-4/h5-10,18H,1-4H3/p-1. The van der Waals surface area contributed by atoms with Crippen LogP contribution in [0.4, 0.5) is 0 Å². The molecule has 0 aromatic heterocycles. The average molecular weight is 317 g/mol. The molecule has 0 radical (unpaired) electrons. The minimum atomic E-state index is -0.0831. The Kier molecular flexibility index (Phi) is 5.42. The van der Waals surface area contributed by atoms with Crippen molar-refractivity contribution in [2.45, 2.75) is 6.92 Å². The Labute approximate surface area is 132 Å². The Balaban J connectivity index is 2.51. The van der Waals surface area contributed by atoms with Crippen LogP contribution in [0.3, 0.4) is 0 Å². The number of hydrogen-bond acceptors (Lipinski definition) is 4. The molecular weight excluding hydrogens is 299 g/mol. The fourth-order valence-corrected chi connectivity index (χ4v) is 2.87. The second-order valence-corrected chi connectivity index (χ2v) is 5.81. The van der Waals surface area contributed by atoms with Gasteiger partial charge in [-0.05, 0) is 6.92 Å². The summed E-state index contributed by atoms with van der Waals surface area (Å²) in [5, 5.41) is 13.6. The van der Waals surface area contributed by atoms with E-state index in [2.05, 4.69) is 0 Å². The van der Waals surface area contributed by atoms with Crippen molar-refractivity contribution in [1.82, 2.24) is 0 Å². The minimum Gasteiger partial charge on any atom is -0.823 e. The lowest BCUT2D eigenvalue weighted by atomic mass is 10.1. The van der Waals surface area contributed by atoms with Crippen molar-refractivity contribution in [3.63, 3.8) is 0 Å². The molecule has 0 fully saturated rings. The summed E-state index contributed by atoms with van der Waals surface area (Å²) >= 11 is 0. The minimum absolute atomic E-state index is 0.0831. The average Bonchev–Trinajstić information content (AvgIpc) is 2.55. The van der Waals surface area contributed by atoms with Crippen molar-refractivity contribution in [3.8, 4) is 17.2 Å². The molecule has 22 heavy (non-hydrogen) atoms. The summed E-state index contributed by atoms with van der Waals surface area (Å²) in [7, 11) is 5.17. The first-order valence-electron chi connectivity index (χ1n) is 6.71. The number of benzene rings is 2. The summed E-state index contributed by atoms with van der Waals surface area (Å²) in [5.41, 5.74) is 1.50. The van der Waals surface area contributed by atoms with E-state index < -0.39 is 0 Å². The molecule has 2 aromatic rings. The molecule has 0 aliphatic rings. The van der Waals surface area contributed by atoms with Crippen molar-refractivity contribution in [2.75, 3.05) is 21.3 Å². The van der Waals surface area contributed by atoms with E-state index >= 15 is 0 Å². The van der Waals surface area contributed by atoms with Crippen LogP contribution in [0.15, 0.2) is 36.4 Å². The topological polar surface area (TPSA) is 50.8 Å². The van der Waals surface area contributed by atoms with Crippen molar-refractivity contribution in [2.24, 2.45) is 0 Å². The van der Waals surface area contributed by atoms with Crippen LogP contribution in [0.5, 0.6) is 17.2 Å². The Morgan fingerprint density at radius 3 is 1.91 bits per heavy atom. The van der Waals surface area contributed by atoms with Gasteiger partial charge in [-0.2, -0.15) is 0 Å². The van der Waals surface area contributed by atoms with Gasteiger partial charge in [0.1, 0.15) is 17.2 Å². The van der Waals surface area contributed by atoms with Crippen LogP contribution in [-0.4, -0.2) is 26.8 Å². The van der Waals surface area contributed by atoms with Gasteiger partial charge < -0.3 is 19.3 Å². The van der Waals surface area contributed by atoms with E-state index in [0.29, 0.717) is 31.0 Å². The lowest BCUT2D eigenvalue weighted by Crippen LogP contribution is -2.19. The summed E-state index contributed by atoms with van der Waals surface area (Å²) in [4.78, 5) is 0. The largest absolute Gasteiger partial charge is 0.823 e. The Morgan fingerprint density at radius 1 is 0.909 bits per heavy atom. The van der Waals surface area contributed by atoms with E-state index in [9.17, 15) is 5.11 Å². The lowest BCUT2D eigenvalue weighted by Gasteiger charge is -2.20. The van der Waals surface area contributed by atoms with E-state index in [0.717, 1.165) is 10.9 Å². The second-order valence-electron chi connectivity index (χ2n) is 4.66. The molecule has 0 unspecified atom stereocenters.